The number of ether oxygens (including phenoxy) is 7. The molecular formula is C30H44O7. The van der Waals surface area contributed by atoms with Gasteiger partial charge in [-0.3, -0.25) is 0 Å². The van der Waals surface area contributed by atoms with E-state index in [0.29, 0.717) is 19.1 Å². The first kappa shape index (κ1) is 26.0. The summed E-state index contributed by atoms with van der Waals surface area (Å²) in [7, 11) is 0. The lowest BCUT2D eigenvalue weighted by molar-refractivity contribution is -0.263. The Bertz CT molecular complexity index is 874. The molecule has 3 saturated heterocycles. The Morgan fingerprint density at radius 3 is 2.24 bits per heavy atom. The Morgan fingerprint density at radius 1 is 0.838 bits per heavy atom. The highest BCUT2D eigenvalue weighted by Gasteiger charge is 2.61. The quantitative estimate of drug-likeness (QED) is 0.428. The summed E-state index contributed by atoms with van der Waals surface area (Å²) in [5.41, 5.74) is 1.09. The average Bonchev–Trinajstić information content (AvgIpc) is 3.55. The lowest BCUT2D eigenvalue weighted by atomic mass is 9.94. The molecule has 7 heteroatoms. The second-order valence-corrected chi connectivity index (χ2v) is 12.0. The van der Waals surface area contributed by atoms with Crippen LogP contribution < -0.4 is 4.74 Å². The van der Waals surface area contributed by atoms with Crippen LogP contribution >= 0.6 is 0 Å². The summed E-state index contributed by atoms with van der Waals surface area (Å²) < 4.78 is 44.9. The summed E-state index contributed by atoms with van der Waals surface area (Å²) in [5.74, 6) is 0.557. The predicted molar refractivity (Wildman–Crippen MR) is 137 cm³/mol. The summed E-state index contributed by atoms with van der Waals surface area (Å²) >= 11 is 0. The van der Waals surface area contributed by atoms with Crippen LogP contribution in [0.2, 0.25) is 0 Å². The molecule has 7 nitrogen and oxygen atoms in total. The van der Waals surface area contributed by atoms with Crippen molar-refractivity contribution in [2.45, 2.75) is 133 Å². The maximum Gasteiger partial charge on any atom is 0.190 e. The van der Waals surface area contributed by atoms with Crippen LogP contribution in [0, 0.1) is 5.92 Å². The van der Waals surface area contributed by atoms with E-state index < -0.39 is 17.9 Å². The van der Waals surface area contributed by atoms with Gasteiger partial charge >= 0.3 is 0 Å². The molecule has 2 saturated carbocycles. The highest BCUT2D eigenvalue weighted by atomic mass is 16.9. The van der Waals surface area contributed by atoms with Crippen molar-refractivity contribution in [3.8, 4) is 5.75 Å². The molecular weight excluding hydrogens is 472 g/mol. The summed E-state index contributed by atoms with van der Waals surface area (Å²) in [6.45, 7) is 6.15. The molecule has 1 aromatic carbocycles. The van der Waals surface area contributed by atoms with Crippen molar-refractivity contribution < 1.29 is 33.2 Å². The van der Waals surface area contributed by atoms with Gasteiger partial charge in [0.1, 0.15) is 30.2 Å². The molecule has 0 amide bonds. The van der Waals surface area contributed by atoms with Crippen LogP contribution in [-0.2, 0) is 35.0 Å². The Kier molecular flexibility index (Phi) is 7.81. The van der Waals surface area contributed by atoms with Crippen molar-refractivity contribution in [1.29, 1.82) is 0 Å². The molecule has 2 aliphatic carbocycles. The van der Waals surface area contributed by atoms with Crippen LogP contribution in [0.5, 0.6) is 5.75 Å². The van der Waals surface area contributed by atoms with Gasteiger partial charge in [0.25, 0.3) is 0 Å². The van der Waals surface area contributed by atoms with Gasteiger partial charge in [-0.1, -0.05) is 38.8 Å². The fourth-order valence-corrected chi connectivity index (χ4v) is 6.55. The van der Waals surface area contributed by atoms with E-state index in [1.807, 2.05) is 12.1 Å². The monoisotopic (exact) mass is 516 g/mol. The lowest BCUT2D eigenvalue weighted by Gasteiger charge is -2.35. The normalized spacial score (nSPS) is 34.4. The van der Waals surface area contributed by atoms with E-state index in [-0.39, 0.29) is 24.4 Å². The maximum atomic E-state index is 6.64. The minimum atomic E-state index is -0.521. The van der Waals surface area contributed by atoms with E-state index in [1.54, 1.807) is 0 Å². The molecule has 5 fully saturated rings. The van der Waals surface area contributed by atoms with Gasteiger partial charge in [-0.05, 0) is 55.7 Å². The van der Waals surface area contributed by atoms with Crippen molar-refractivity contribution in [2.24, 2.45) is 5.92 Å². The molecule has 206 valence electrons. The molecule has 0 bridgehead atoms. The van der Waals surface area contributed by atoms with Gasteiger partial charge < -0.3 is 33.2 Å². The van der Waals surface area contributed by atoms with Gasteiger partial charge in [0.05, 0.1) is 19.8 Å². The first-order valence-corrected chi connectivity index (χ1v) is 14.7. The molecule has 2 spiro atoms. The smallest absolute Gasteiger partial charge is 0.190 e. The van der Waals surface area contributed by atoms with Gasteiger partial charge in [-0.15, -0.1) is 0 Å². The molecule has 3 aliphatic heterocycles. The maximum absolute atomic E-state index is 6.64. The largest absolute Gasteiger partial charge is 0.494 e. The molecule has 0 unspecified atom stereocenters. The topological polar surface area (TPSA) is 64.6 Å². The van der Waals surface area contributed by atoms with E-state index in [9.17, 15) is 0 Å². The van der Waals surface area contributed by atoms with E-state index in [0.717, 1.165) is 75.7 Å². The standard InChI is InChI=1S/C30H44O7/c1-21(2)13-18-31-23-11-9-22(10-12-23)19-32-26-25(24-20-33-29(35-24)14-5-3-6-15-29)34-28-27(26)36-30(37-28)16-7-4-8-17-30/h9-12,21,24-28H,3-8,13-20H2,1-2H3/t24-,25-,26+,27-,28-/m1/s1. The van der Waals surface area contributed by atoms with Gasteiger partial charge in [0.2, 0.25) is 0 Å². The first-order chi connectivity index (χ1) is 18.0. The molecule has 0 N–H and O–H groups in total. The SMILES string of the molecule is CC(C)CCOc1ccc(CO[C@@H]2[C@H]3OC4(CCCCC4)O[C@H]3O[C@@H]2[C@H]2COC3(CCCCC3)O2)cc1. The van der Waals surface area contributed by atoms with Gasteiger partial charge in [0, 0.05) is 25.7 Å². The van der Waals surface area contributed by atoms with Crippen LogP contribution in [0.15, 0.2) is 24.3 Å². The zero-order valence-electron chi connectivity index (χ0n) is 22.5. The molecule has 5 atom stereocenters. The van der Waals surface area contributed by atoms with Gasteiger partial charge in [-0.25, -0.2) is 0 Å². The minimum absolute atomic E-state index is 0.181. The Morgan fingerprint density at radius 2 is 1.54 bits per heavy atom. The number of hydrogen-bond acceptors (Lipinski definition) is 7. The van der Waals surface area contributed by atoms with E-state index >= 15 is 0 Å². The van der Waals surface area contributed by atoms with Gasteiger partial charge in [-0.2, -0.15) is 0 Å². The first-order valence-electron chi connectivity index (χ1n) is 14.7. The molecule has 5 aliphatic rings. The third-order valence-corrected chi connectivity index (χ3v) is 8.69. The molecule has 3 heterocycles. The van der Waals surface area contributed by atoms with Crippen LogP contribution in [0.4, 0.5) is 0 Å². The van der Waals surface area contributed by atoms with E-state index in [1.165, 1.54) is 12.8 Å². The van der Waals surface area contributed by atoms with E-state index in [4.69, 9.17) is 33.2 Å². The fraction of sp³-hybridized carbons (Fsp3) is 0.800. The highest BCUT2D eigenvalue weighted by molar-refractivity contribution is 5.27. The van der Waals surface area contributed by atoms with Crippen LogP contribution in [0.25, 0.3) is 0 Å². The average molecular weight is 517 g/mol. The number of hydrogen-bond donors (Lipinski definition) is 0. The third-order valence-electron chi connectivity index (χ3n) is 8.69. The fourth-order valence-electron chi connectivity index (χ4n) is 6.55. The van der Waals surface area contributed by atoms with Crippen LogP contribution in [-0.4, -0.2) is 55.5 Å². The zero-order chi connectivity index (χ0) is 25.3. The molecule has 1 aromatic rings. The number of benzene rings is 1. The predicted octanol–water partition coefficient (Wildman–Crippen LogP) is 5.87. The lowest BCUT2D eigenvalue weighted by Crippen LogP contribution is -2.45. The highest BCUT2D eigenvalue weighted by Crippen LogP contribution is 2.48. The number of rotatable bonds is 8. The summed E-state index contributed by atoms with van der Waals surface area (Å²) in [4.78, 5) is 0. The van der Waals surface area contributed by atoms with Crippen molar-refractivity contribution in [3.05, 3.63) is 29.8 Å². The molecule has 6 rings (SSSR count). The van der Waals surface area contributed by atoms with Crippen LogP contribution in [0.1, 0.15) is 90.0 Å². The summed E-state index contributed by atoms with van der Waals surface area (Å²) in [5, 5.41) is 0. The molecule has 37 heavy (non-hydrogen) atoms. The second kappa shape index (κ2) is 11.1. The minimum Gasteiger partial charge on any atom is -0.494 e. The second-order valence-electron chi connectivity index (χ2n) is 12.0. The van der Waals surface area contributed by atoms with Crippen molar-refractivity contribution >= 4 is 0 Å². The molecule has 0 aromatic heterocycles. The summed E-state index contributed by atoms with van der Waals surface area (Å²) in [6.07, 6.45) is 10.4. The summed E-state index contributed by atoms with van der Waals surface area (Å²) in [6, 6.07) is 8.20. The van der Waals surface area contributed by atoms with Crippen LogP contribution in [0.3, 0.4) is 0 Å². The zero-order valence-corrected chi connectivity index (χ0v) is 22.5. The Labute approximate surface area is 221 Å². The van der Waals surface area contributed by atoms with Crippen molar-refractivity contribution in [3.63, 3.8) is 0 Å². The number of fused-ring (bicyclic) bond motifs is 1. The van der Waals surface area contributed by atoms with E-state index in [2.05, 4.69) is 26.0 Å². The Balaban J connectivity index is 1.12. The Hall–Kier alpha value is -1.22. The van der Waals surface area contributed by atoms with Crippen molar-refractivity contribution in [1.82, 2.24) is 0 Å². The molecule has 0 radical (unpaired) electrons. The van der Waals surface area contributed by atoms with Crippen molar-refractivity contribution in [2.75, 3.05) is 13.2 Å². The third kappa shape index (κ3) is 5.73. The van der Waals surface area contributed by atoms with Gasteiger partial charge in [0.15, 0.2) is 17.9 Å².